The number of carbonyl (C=O) groups excluding carboxylic acids is 5. The number of esters is 1. The van der Waals surface area contributed by atoms with Crippen LogP contribution < -0.4 is 5.32 Å². The van der Waals surface area contributed by atoms with E-state index in [2.05, 4.69) is 11.9 Å². The van der Waals surface area contributed by atoms with Gasteiger partial charge in [-0.05, 0) is 29.8 Å². The molecular weight excluding hydrogens is 495 g/mol. The predicted octanol–water partition coefficient (Wildman–Crippen LogP) is 0.309. The van der Waals surface area contributed by atoms with E-state index in [4.69, 9.17) is 4.74 Å². The third-order valence-electron chi connectivity index (χ3n) is 5.82. The lowest BCUT2D eigenvalue weighted by Crippen LogP contribution is -2.77. The zero-order valence-corrected chi connectivity index (χ0v) is 18.7. The summed E-state index contributed by atoms with van der Waals surface area (Å²) in [7, 11) is -1.74. The Morgan fingerprint density at radius 3 is 2.29 bits per heavy atom. The number of hydrogen-bond acceptors (Lipinski definition) is 7. The summed E-state index contributed by atoms with van der Waals surface area (Å²) in [5.41, 5.74) is -0.985. The van der Waals surface area contributed by atoms with Gasteiger partial charge < -0.3 is 15.0 Å². The van der Waals surface area contributed by atoms with Gasteiger partial charge in [0.15, 0.2) is 12.8 Å². The second-order valence-electron chi connectivity index (χ2n) is 8.06. The number of fused-ring (bicyclic) bond motifs is 1. The van der Waals surface area contributed by atoms with E-state index in [0.29, 0.717) is 12.1 Å². The van der Waals surface area contributed by atoms with Crippen LogP contribution in [0.25, 0.3) is 0 Å². The van der Waals surface area contributed by atoms with Gasteiger partial charge in [-0.15, -0.1) is 0 Å². The highest BCUT2D eigenvalue weighted by atomic mass is 32.2. The summed E-state index contributed by atoms with van der Waals surface area (Å²) in [6.07, 6.45) is -4.59. The normalized spacial score (nSPS) is 26.4. The van der Waals surface area contributed by atoms with Crippen molar-refractivity contribution in [3.8, 4) is 0 Å². The maximum Gasteiger partial charge on any atom is 0.416 e. The van der Waals surface area contributed by atoms with E-state index in [-0.39, 0.29) is 29.7 Å². The van der Waals surface area contributed by atoms with E-state index in [1.54, 1.807) is 0 Å². The zero-order chi connectivity index (χ0) is 25.7. The third-order valence-corrected chi connectivity index (χ3v) is 7.51. The number of halogens is 3. The number of nitrogens with one attached hydrogen (secondary N) is 1. The molecule has 0 aromatic heterocycles. The molecule has 3 unspecified atom stereocenters. The molecule has 14 heteroatoms. The van der Waals surface area contributed by atoms with Crippen molar-refractivity contribution in [2.75, 3.05) is 12.5 Å². The Labute approximate surface area is 198 Å². The maximum atomic E-state index is 12.8. The molecule has 186 valence electrons. The van der Waals surface area contributed by atoms with E-state index in [1.165, 1.54) is 0 Å². The molecule has 3 aliphatic heterocycles. The Bertz CT molecular complexity index is 1150. The van der Waals surface area contributed by atoms with Gasteiger partial charge in [0, 0.05) is 24.2 Å². The average molecular weight is 513 g/mol. The molecule has 3 fully saturated rings. The molecule has 0 spiro atoms. The summed E-state index contributed by atoms with van der Waals surface area (Å²) in [5, 5.41) is 1.25. The minimum absolute atomic E-state index is 0.00149. The Kier molecular flexibility index (Phi) is 6.25. The summed E-state index contributed by atoms with van der Waals surface area (Å²) >= 11 is 0. The first-order valence-electron chi connectivity index (χ1n) is 10.2. The fourth-order valence-electron chi connectivity index (χ4n) is 4.01. The van der Waals surface area contributed by atoms with Crippen molar-refractivity contribution in [3.05, 3.63) is 47.5 Å². The number of nitrogens with zero attached hydrogens (tertiary/aromatic N) is 2. The molecule has 0 aliphatic carbocycles. The van der Waals surface area contributed by atoms with Crippen LogP contribution in [-0.2, 0) is 40.9 Å². The van der Waals surface area contributed by atoms with Gasteiger partial charge in [0.25, 0.3) is 5.91 Å². The Morgan fingerprint density at radius 1 is 1.11 bits per heavy atom. The molecule has 4 rings (SSSR count). The number of amides is 4. The molecule has 0 bridgehead atoms. The molecule has 35 heavy (non-hydrogen) atoms. The average Bonchev–Trinajstić information content (AvgIpc) is 3.12. The lowest BCUT2D eigenvalue weighted by molar-refractivity contribution is -0.167. The van der Waals surface area contributed by atoms with Gasteiger partial charge in [-0.3, -0.25) is 23.4 Å². The number of likely N-dealkylation sites (tertiary alicyclic amines) is 1. The van der Waals surface area contributed by atoms with Crippen molar-refractivity contribution < 1.29 is 46.1 Å². The first-order valence-corrected chi connectivity index (χ1v) is 11.6. The van der Waals surface area contributed by atoms with Crippen molar-refractivity contribution in [2.24, 2.45) is 0 Å². The Balaban J connectivity index is 1.44. The van der Waals surface area contributed by atoms with Crippen LogP contribution in [0.2, 0.25) is 0 Å². The van der Waals surface area contributed by atoms with Gasteiger partial charge in [0.1, 0.15) is 11.4 Å². The van der Waals surface area contributed by atoms with Crippen molar-refractivity contribution in [2.45, 2.75) is 36.5 Å². The van der Waals surface area contributed by atoms with E-state index in [0.717, 1.165) is 21.9 Å². The number of carbonyl (C=O) groups is 5. The van der Waals surface area contributed by atoms with Crippen LogP contribution in [0.5, 0.6) is 0 Å². The molecule has 0 radical (unpaired) electrons. The number of imide groups is 1. The third kappa shape index (κ3) is 4.45. The highest BCUT2D eigenvalue weighted by molar-refractivity contribution is 7.86. The highest BCUT2D eigenvalue weighted by Crippen LogP contribution is 2.35. The van der Waals surface area contributed by atoms with Crippen molar-refractivity contribution >= 4 is 40.4 Å². The predicted molar refractivity (Wildman–Crippen MR) is 111 cm³/mol. The topological polar surface area (TPSA) is 130 Å². The van der Waals surface area contributed by atoms with Gasteiger partial charge in [-0.1, -0.05) is 6.58 Å². The molecule has 10 nitrogen and oxygen atoms in total. The van der Waals surface area contributed by atoms with Gasteiger partial charge in [0.05, 0.1) is 16.4 Å². The second-order valence-corrected chi connectivity index (χ2v) is 9.59. The summed E-state index contributed by atoms with van der Waals surface area (Å²) in [4.78, 5) is 63.0. The minimum Gasteiger partial charge on any atom is -0.442 e. The molecule has 1 aromatic carbocycles. The number of alkyl halides is 3. The standard InChI is InChI=1S/C21H18F3N3O7S/c1-10-8-35(33)19-15(25-17(30)11-2-4-12(5-3-11)21(22,23)24)18(31)27(19)16(10)20(32)34-9-26-13(28)6-7-14(26)29/h2-5,15-16,19H,1,6-9H2,(H,25,30)/t15?,16?,19-,35?/m1/s1. The van der Waals surface area contributed by atoms with Crippen molar-refractivity contribution in [1.29, 1.82) is 0 Å². The van der Waals surface area contributed by atoms with Gasteiger partial charge in [0.2, 0.25) is 17.7 Å². The molecule has 3 aliphatic rings. The highest BCUT2D eigenvalue weighted by Gasteiger charge is 2.59. The van der Waals surface area contributed by atoms with Gasteiger partial charge >= 0.3 is 12.1 Å². The fraction of sp³-hybridized carbons (Fsp3) is 0.381. The zero-order valence-electron chi connectivity index (χ0n) is 17.9. The minimum atomic E-state index is -4.58. The maximum absolute atomic E-state index is 12.8. The van der Waals surface area contributed by atoms with E-state index < -0.39 is 76.3 Å². The number of rotatable bonds is 5. The van der Waals surface area contributed by atoms with Gasteiger partial charge in [-0.25, -0.2) is 9.69 Å². The molecule has 3 heterocycles. The molecule has 4 atom stereocenters. The first kappa shape index (κ1) is 24.6. The van der Waals surface area contributed by atoms with Gasteiger partial charge in [-0.2, -0.15) is 13.2 Å². The second kappa shape index (κ2) is 8.91. The van der Waals surface area contributed by atoms with Crippen LogP contribution in [0, 0.1) is 0 Å². The summed E-state index contributed by atoms with van der Waals surface area (Å²) in [6.45, 7) is 3.04. The summed E-state index contributed by atoms with van der Waals surface area (Å²) < 4.78 is 55.9. The van der Waals surface area contributed by atoms with Crippen molar-refractivity contribution in [3.63, 3.8) is 0 Å². The van der Waals surface area contributed by atoms with Crippen molar-refractivity contribution in [1.82, 2.24) is 15.1 Å². The Hall–Kier alpha value is -3.55. The summed E-state index contributed by atoms with van der Waals surface area (Å²) in [6, 6.07) is 0.704. The molecule has 4 amide bonds. The van der Waals surface area contributed by atoms with E-state index >= 15 is 0 Å². The van der Waals surface area contributed by atoms with E-state index in [9.17, 15) is 41.4 Å². The number of hydrogen-bond donors (Lipinski definition) is 1. The largest absolute Gasteiger partial charge is 0.442 e. The fourth-order valence-corrected chi connectivity index (χ4v) is 5.67. The molecule has 1 aromatic rings. The van der Waals surface area contributed by atoms with E-state index in [1.807, 2.05) is 0 Å². The first-order chi connectivity index (χ1) is 16.4. The van der Waals surface area contributed by atoms with Crippen LogP contribution in [0.1, 0.15) is 28.8 Å². The monoisotopic (exact) mass is 513 g/mol. The molecule has 1 N–H and O–H groups in total. The molecule has 0 saturated carbocycles. The SMILES string of the molecule is C=C1CS(=O)[C@@H]2C(NC(=O)c3ccc(C(F)(F)F)cc3)C(=O)N2C1C(=O)OCN1C(=O)CCC1=O. The van der Waals surface area contributed by atoms with Crippen LogP contribution >= 0.6 is 0 Å². The number of benzene rings is 1. The molecule has 3 saturated heterocycles. The lowest BCUT2D eigenvalue weighted by Gasteiger charge is -2.52. The molecular formula is C21H18F3N3O7S. The number of β-lactam (4-membered cyclic amide) rings is 1. The smallest absolute Gasteiger partial charge is 0.416 e. The van der Waals surface area contributed by atoms with Crippen LogP contribution in [-0.4, -0.2) is 73.5 Å². The van der Waals surface area contributed by atoms with Crippen LogP contribution in [0.4, 0.5) is 13.2 Å². The van der Waals surface area contributed by atoms with Crippen LogP contribution in [0.15, 0.2) is 36.4 Å². The number of ether oxygens (including phenoxy) is 1. The van der Waals surface area contributed by atoms with Crippen LogP contribution in [0.3, 0.4) is 0 Å². The quantitative estimate of drug-likeness (QED) is 0.260. The lowest BCUT2D eigenvalue weighted by atomic mass is 9.98. The Morgan fingerprint density at radius 2 is 1.71 bits per heavy atom. The summed E-state index contributed by atoms with van der Waals surface area (Å²) in [5.74, 6) is -3.79.